The molecule has 0 aliphatic carbocycles. The van der Waals surface area contributed by atoms with Crippen LogP contribution in [-0.4, -0.2) is 46.7 Å². The van der Waals surface area contributed by atoms with E-state index in [2.05, 4.69) is 15.4 Å². The normalized spacial score (nSPS) is 19.2. The van der Waals surface area contributed by atoms with Crippen LogP contribution in [0.2, 0.25) is 0 Å². The number of anilines is 1. The van der Waals surface area contributed by atoms with E-state index in [-0.39, 0.29) is 23.4 Å². The third-order valence-electron chi connectivity index (χ3n) is 3.00. The molecule has 21 heavy (non-hydrogen) atoms. The van der Waals surface area contributed by atoms with Crippen LogP contribution >= 0.6 is 0 Å². The largest absolute Gasteiger partial charge is 0.378 e. The SMILES string of the molecule is CC(=O)Nc1ccc(S(=O)(=O)NCC2COCCN2)cc1. The molecule has 1 aliphatic rings. The Morgan fingerprint density at radius 2 is 2.10 bits per heavy atom. The molecule has 0 spiro atoms. The predicted octanol–water partition coefficient (Wildman–Crippen LogP) is -0.0883. The molecule has 0 bridgehead atoms. The molecule has 1 saturated heterocycles. The minimum Gasteiger partial charge on any atom is -0.378 e. The number of hydrogen-bond donors (Lipinski definition) is 3. The highest BCUT2D eigenvalue weighted by Gasteiger charge is 2.18. The molecule has 1 unspecified atom stereocenters. The number of morpholine rings is 1. The molecule has 0 aromatic heterocycles. The molecule has 8 heteroatoms. The average molecular weight is 313 g/mol. The summed E-state index contributed by atoms with van der Waals surface area (Å²) in [6.45, 7) is 3.52. The number of benzene rings is 1. The van der Waals surface area contributed by atoms with Gasteiger partial charge < -0.3 is 15.4 Å². The number of amides is 1. The molecule has 0 saturated carbocycles. The van der Waals surface area contributed by atoms with Gasteiger partial charge in [-0.3, -0.25) is 4.79 Å². The lowest BCUT2D eigenvalue weighted by atomic mass is 10.3. The molecule has 3 N–H and O–H groups in total. The first-order chi connectivity index (χ1) is 9.97. The topological polar surface area (TPSA) is 96.5 Å². The molecule has 1 fully saturated rings. The van der Waals surface area contributed by atoms with Gasteiger partial charge in [-0.15, -0.1) is 0 Å². The van der Waals surface area contributed by atoms with Gasteiger partial charge in [0.15, 0.2) is 0 Å². The number of sulfonamides is 1. The van der Waals surface area contributed by atoms with Crippen LogP contribution in [0, 0.1) is 0 Å². The van der Waals surface area contributed by atoms with Crippen molar-refractivity contribution in [3.05, 3.63) is 24.3 Å². The lowest BCUT2D eigenvalue weighted by molar-refractivity contribution is -0.114. The van der Waals surface area contributed by atoms with Crippen molar-refractivity contribution in [3.8, 4) is 0 Å². The Morgan fingerprint density at radius 3 is 2.67 bits per heavy atom. The molecule has 1 heterocycles. The molecular weight excluding hydrogens is 294 g/mol. The second kappa shape index (κ2) is 6.99. The van der Waals surface area contributed by atoms with Gasteiger partial charge in [0.1, 0.15) is 0 Å². The van der Waals surface area contributed by atoms with Crippen molar-refractivity contribution in [2.45, 2.75) is 17.9 Å². The zero-order valence-corrected chi connectivity index (χ0v) is 12.6. The van der Waals surface area contributed by atoms with Crippen LogP contribution in [0.15, 0.2) is 29.2 Å². The summed E-state index contributed by atoms with van der Waals surface area (Å²) in [5.41, 5.74) is 0.559. The quantitative estimate of drug-likeness (QED) is 0.706. The second-order valence-corrected chi connectivity index (χ2v) is 6.55. The Labute approximate surface area is 124 Å². The summed E-state index contributed by atoms with van der Waals surface area (Å²) < 4.78 is 32.1. The summed E-state index contributed by atoms with van der Waals surface area (Å²) in [6, 6.07) is 6.00. The van der Waals surface area contributed by atoms with E-state index in [4.69, 9.17) is 4.74 Å². The molecule has 1 atom stereocenters. The van der Waals surface area contributed by atoms with Gasteiger partial charge in [-0.05, 0) is 24.3 Å². The van der Waals surface area contributed by atoms with Gasteiger partial charge in [-0.1, -0.05) is 0 Å². The number of nitrogens with one attached hydrogen (secondary N) is 3. The van der Waals surface area contributed by atoms with Crippen LogP contribution in [0.4, 0.5) is 5.69 Å². The van der Waals surface area contributed by atoms with Crippen LogP contribution < -0.4 is 15.4 Å². The van der Waals surface area contributed by atoms with Gasteiger partial charge in [0.05, 0.1) is 18.1 Å². The first kappa shape index (κ1) is 15.9. The van der Waals surface area contributed by atoms with Crippen LogP contribution in [0.25, 0.3) is 0 Å². The molecule has 0 radical (unpaired) electrons. The molecule has 1 amide bonds. The fourth-order valence-electron chi connectivity index (χ4n) is 1.97. The first-order valence-corrected chi connectivity index (χ1v) is 8.14. The van der Waals surface area contributed by atoms with Crippen molar-refractivity contribution < 1.29 is 17.9 Å². The Balaban J connectivity index is 1.96. The summed E-state index contributed by atoms with van der Waals surface area (Å²) in [7, 11) is -3.56. The third kappa shape index (κ3) is 4.78. The van der Waals surface area contributed by atoms with Gasteiger partial charge in [0, 0.05) is 31.7 Å². The molecule has 7 nitrogen and oxygen atoms in total. The van der Waals surface area contributed by atoms with Crippen molar-refractivity contribution in [3.63, 3.8) is 0 Å². The van der Waals surface area contributed by atoms with Gasteiger partial charge >= 0.3 is 0 Å². The Hall–Kier alpha value is -1.48. The van der Waals surface area contributed by atoms with E-state index in [1.54, 1.807) is 12.1 Å². The number of hydrogen-bond acceptors (Lipinski definition) is 5. The Bertz CT molecular complexity index is 580. The van der Waals surface area contributed by atoms with Crippen LogP contribution in [0.3, 0.4) is 0 Å². The minimum absolute atomic E-state index is 0.0211. The smallest absolute Gasteiger partial charge is 0.240 e. The Kier molecular flexibility index (Phi) is 5.29. The highest BCUT2D eigenvalue weighted by molar-refractivity contribution is 7.89. The van der Waals surface area contributed by atoms with Crippen LogP contribution in [-0.2, 0) is 19.6 Å². The molecule has 2 rings (SSSR count). The van der Waals surface area contributed by atoms with Gasteiger partial charge in [0.25, 0.3) is 0 Å². The van der Waals surface area contributed by atoms with Crippen molar-refractivity contribution >= 4 is 21.6 Å². The van der Waals surface area contributed by atoms with E-state index < -0.39 is 10.0 Å². The number of rotatable bonds is 5. The molecule has 1 aliphatic heterocycles. The van der Waals surface area contributed by atoms with Crippen molar-refractivity contribution in [1.29, 1.82) is 0 Å². The zero-order valence-electron chi connectivity index (χ0n) is 11.8. The fraction of sp³-hybridized carbons (Fsp3) is 0.462. The van der Waals surface area contributed by atoms with Crippen molar-refractivity contribution in [1.82, 2.24) is 10.0 Å². The monoisotopic (exact) mass is 313 g/mol. The third-order valence-corrected chi connectivity index (χ3v) is 4.44. The highest BCUT2D eigenvalue weighted by atomic mass is 32.2. The van der Waals surface area contributed by atoms with Gasteiger partial charge in [0.2, 0.25) is 15.9 Å². The molecule has 1 aromatic carbocycles. The number of carbonyl (C=O) groups is 1. The van der Waals surface area contributed by atoms with E-state index in [1.165, 1.54) is 19.1 Å². The zero-order chi connectivity index (χ0) is 15.3. The average Bonchev–Trinajstić information content (AvgIpc) is 2.46. The fourth-order valence-corrected chi connectivity index (χ4v) is 3.05. The van der Waals surface area contributed by atoms with Crippen LogP contribution in [0.5, 0.6) is 0 Å². The summed E-state index contributed by atoms with van der Waals surface area (Å²) in [4.78, 5) is 11.1. The lowest BCUT2D eigenvalue weighted by Gasteiger charge is -2.23. The maximum absolute atomic E-state index is 12.1. The van der Waals surface area contributed by atoms with Gasteiger partial charge in [-0.2, -0.15) is 0 Å². The first-order valence-electron chi connectivity index (χ1n) is 6.66. The lowest BCUT2D eigenvalue weighted by Crippen LogP contribution is -2.48. The second-order valence-electron chi connectivity index (χ2n) is 4.78. The van der Waals surface area contributed by atoms with E-state index in [0.29, 0.717) is 18.9 Å². The van der Waals surface area contributed by atoms with E-state index in [0.717, 1.165) is 6.54 Å². The predicted molar refractivity (Wildman–Crippen MR) is 78.5 cm³/mol. The maximum Gasteiger partial charge on any atom is 0.240 e. The molecule has 1 aromatic rings. The van der Waals surface area contributed by atoms with E-state index in [9.17, 15) is 13.2 Å². The van der Waals surface area contributed by atoms with Crippen molar-refractivity contribution in [2.24, 2.45) is 0 Å². The summed E-state index contributed by atoms with van der Waals surface area (Å²) >= 11 is 0. The van der Waals surface area contributed by atoms with E-state index >= 15 is 0 Å². The van der Waals surface area contributed by atoms with E-state index in [1.807, 2.05) is 0 Å². The summed E-state index contributed by atoms with van der Waals surface area (Å²) in [5, 5.41) is 5.76. The molecular formula is C13H19N3O4S. The minimum atomic E-state index is -3.56. The van der Waals surface area contributed by atoms with Gasteiger partial charge in [-0.25, -0.2) is 13.1 Å². The molecule has 116 valence electrons. The maximum atomic E-state index is 12.1. The van der Waals surface area contributed by atoms with Crippen LogP contribution in [0.1, 0.15) is 6.92 Å². The number of carbonyl (C=O) groups excluding carboxylic acids is 1. The number of ether oxygens (including phenoxy) is 1. The standard InChI is InChI=1S/C13H19N3O4S/c1-10(17)16-11-2-4-13(5-3-11)21(18,19)15-8-12-9-20-7-6-14-12/h2-5,12,14-15H,6-9H2,1H3,(H,16,17). The highest BCUT2D eigenvalue weighted by Crippen LogP contribution is 2.14. The summed E-state index contributed by atoms with van der Waals surface area (Å²) in [5.74, 6) is -0.202. The Morgan fingerprint density at radius 1 is 1.38 bits per heavy atom. The van der Waals surface area contributed by atoms with Crippen molar-refractivity contribution in [2.75, 3.05) is 31.6 Å². The summed E-state index contributed by atoms with van der Waals surface area (Å²) in [6.07, 6.45) is 0.